The Kier molecular flexibility index (Phi) is 11.2. The van der Waals surface area contributed by atoms with Crippen LogP contribution in [-0.2, 0) is 11.2 Å². The molecule has 260 valence electrons. The summed E-state index contributed by atoms with van der Waals surface area (Å²) in [5.74, 6) is -2.38. The van der Waals surface area contributed by atoms with Gasteiger partial charge in [-0.25, -0.2) is 14.4 Å². The zero-order valence-electron chi connectivity index (χ0n) is 27.5. The minimum absolute atomic E-state index is 0.000716. The number of guanidine groups is 1. The van der Waals surface area contributed by atoms with Crippen molar-refractivity contribution in [1.82, 2.24) is 30.3 Å². The second kappa shape index (κ2) is 15.7. The lowest BCUT2D eigenvalue weighted by Crippen LogP contribution is -2.48. The Hall–Kier alpha value is -5.31. The monoisotopic (exact) mass is 676 g/mol. The Balaban J connectivity index is 1.18. The van der Waals surface area contributed by atoms with Gasteiger partial charge in [-0.1, -0.05) is 6.92 Å². The van der Waals surface area contributed by atoms with Gasteiger partial charge in [0.2, 0.25) is 11.7 Å². The first-order valence-corrected chi connectivity index (χ1v) is 16.3. The molecule has 15 heteroatoms. The van der Waals surface area contributed by atoms with E-state index in [0.717, 1.165) is 31.2 Å². The number of imidazole rings is 1. The lowest BCUT2D eigenvalue weighted by atomic mass is 9.90. The molecule has 2 heterocycles. The van der Waals surface area contributed by atoms with E-state index >= 15 is 0 Å². The van der Waals surface area contributed by atoms with E-state index in [4.69, 9.17) is 21.6 Å². The molecule has 9 N–H and O–H groups in total. The highest BCUT2D eigenvalue weighted by atomic mass is 19.2. The SMILES string of the molecule is CCc1cc(Nc2nccn3c(-c4ccc(OC)c(F)c4F)cnc23)ccc1C(=O)N[C@H]1CC[C@@H](NC(=O)[C@@H](N)CCCNC(=N)N)CC1. The van der Waals surface area contributed by atoms with Crippen molar-refractivity contribution < 1.29 is 23.1 Å². The fraction of sp³-hybridized carbons (Fsp3) is 0.382. The van der Waals surface area contributed by atoms with E-state index in [-0.39, 0.29) is 41.2 Å². The minimum Gasteiger partial charge on any atom is -0.494 e. The average Bonchev–Trinajstić information content (AvgIpc) is 3.53. The molecule has 0 radical (unpaired) electrons. The van der Waals surface area contributed by atoms with Gasteiger partial charge >= 0.3 is 0 Å². The van der Waals surface area contributed by atoms with E-state index < -0.39 is 17.7 Å². The summed E-state index contributed by atoms with van der Waals surface area (Å²) >= 11 is 0. The number of ether oxygens (including phenoxy) is 1. The number of rotatable bonds is 13. The second-order valence-corrected chi connectivity index (χ2v) is 12.0. The molecule has 49 heavy (non-hydrogen) atoms. The summed E-state index contributed by atoms with van der Waals surface area (Å²) in [5, 5.41) is 19.3. The summed E-state index contributed by atoms with van der Waals surface area (Å²) in [6.45, 7) is 2.45. The summed E-state index contributed by atoms with van der Waals surface area (Å²) in [4.78, 5) is 34.7. The van der Waals surface area contributed by atoms with Gasteiger partial charge < -0.3 is 37.5 Å². The van der Waals surface area contributed by atoms with Gasteiger partial charge in [-0.3, -0.25) is 19.4 Å². The van der Waals surface area contributed by atoms with Crippen molar-refractivity contribution in [3.05, 3.63) is 71.7 Å². The minimum atomic E-state index is -1.08. The summed E-state index contributed by atoms with van der Waals surface area (Å²) < 4.78 is 35.8. The average molecular weight is 677 g/mol. The van der Waals surface area contributed by atoms with Gasteiger partial charge in [0, 0.05) is 47.8 Å². The van der Waals surface area contributed by atoms with E-state index in [1.54, 1.807) is 22.7 Å². The van der Waals surface area contributed by atoms with Crippen LogP contribution in [0, 0.1) is 17.0 Å². The predicted molar refractivity (Wildman–Crippen MR) is 183 cm³/mol. The van der Waals surface area contributed by atoms with Gasteiger partial charge in [-0.2, -0.15) is 4.39 Å². The van der Waals surface area contributed by atoms with Crippen molar-refractivity contribution in [2.24, 2.45) is 11.5 Å². The van der Waals surface area contributed by atoms with Crippen molar-refractivity contribution in [2.45, 2.75) is 70.0 Å². The van der Waals surface area contributed by atoms with Crippen molar-refractivity contribution in [3.8, 4) is 17.0 Å². The number of aryl methyl sites for hydroxylation is 1. The molecule has 5 rings (SSSR count). The number of carbonyl (C=O) groups excluding carboxylic acids is 2. The third-order valence-corrected chi connectivity index (χ3v) is 8.72. The number of nitrogens with two attached hydrogens (primary N) is 2. The van der Waals surface area contributed by atoms with Crippen LogP contribution in [0.1, 0.15) is 61.4 Å². The number of methoxy groups -OCH3 is 1. The molecule has 4 aromatic rings. The van der Waals surface area contributed by atoms with Crippen LogP contribution in [0.15, 0.2) is 48.9 Å². The molecular formula is C34H42F2N10O3. The number of fused-ring (bicyclic) bond motifs is 1. The zero-order valence-corrected chi connectivity index (χ0v) is 27.5. The molecule has 2 aromatic carbocycles. The molecule has 0 unspecified atom stereocenters. The number of anilines is 2. The van der Waals surface area contributed by atoms with Crippen molar-refractivity contribution in [3.63, 3.8) is 0 Å². The number of nitrogens with zero attached hydrogens (tertiary/aromatic N) is 3. The van der Waals surface area contributed by atoms with Gasteiger partial charge in [0.15, 0.2) is 29.0 Å². The van der Waals surface area contributed by atoms with E-state index in [2.05, 4.69) is 31.2 Å². The number of hydrogen-bond donors (Lipinski definition) is 7. The van der Waals surface area contributed by atoms with Crippen LogP contribution in [0.5, 0.6) is 5.75 Å². The molecule has 2 aromatic heterocycles. The van der Waals surface area contributed by atoms with Crippen LogP contribution in [0.2, 0.25) is 0 Å². The summed E-state index contributed by atoms with van der Waals surface area (Å²) in [6.07, 6.45) is 9.22. The molecule has 1 fully saturated rings. The van der Waals surface area contributed by atoms with E-state index in [0.29, 0.717) is 54.2 Å². The molecule has 0 bridgehead atoms. The van der Waals surface area contributed by atoms with Gasteiger partial charge in [0.1, 0.15) is 0 Å². The fourth-order valence-corrected chi connectivity index (χ4v) is 6.05. The van der Waals surface area contributed by atoms with E-state index in [1.165, 1.54) is 31.6 Å². The van der Waals surface area contributed by atoms with Crippen LogP contribution in [0.3, 0.4) is 0 Å². The number of carbonyl (C=O) groups is 2. The van der Waals surface area contributed by atoms with Crippen molar-refractivity contribution in [2.75, 3.05) is 19.0 Å². The molecule has 0 saturated heterocycles. The van der Waals surface area contributed by atoms with Crippen LogP contribution >= 0.6 is 0 Å². The molecule has 1 saturated carbocycles. The standard InChI is InChI=1S/C34H42F2N10O3/c1-3-19-17-22(43-30-31-42-18-26(46(31)16-15-40-30)24-12-13-27(49-2)29(36)28(24)35)10-11-23(19)32(47)44-20-6-8-21(9-7-20)45-33(48)25(37)5-4-14-41-34(38)39/h10-13,15-18,20-21,25H,3-9,14,37H2,1-2H3,(H,40,43)(H,44,47)(H,45,48)(H4,38,39,41)/t20-,21+,25-/m0/s1. The number of nitrogens with one attached hydrogen (secondary N) is 5. The third-order valence-electron chi connectivity index (χ3n) is 8.72. The number of hydrogen-bond acceptors (Lipinski definition) is 8. The topological polar surface area (TPSA) is 198 Å². The predicted octanol–water partition coefficient (Wildman–Crippen LogP) is 3.74. The van der Waals surface area contributed by atoms with E-state index in [1.807, 2.05) is 13.0 Å². The summed E-state index contributed by atoms with van der Waals surface area (Å²) in [6, 6.07) is 7.58. The quantitative estimate of drug-likeness (QED) is 0.0627. The first-order chi connectivity index (χ1) is 23.6. The Labute approximate surface area is 282 Å². The van der Waals surface area contributed by atoms with Crippen molar-refractivity contribution in [1.29, 1.82) is 5.41 Å². The molecule has 1 aliphatic rings. The fourth-order valence-electron chi connectivity index (χ4n) is 6.05. The molecule has 0 spiro atoms. The van der Waals surface area contributed by atoms with Crippen LogP contribution in [-0.4, -0.2) is 63.9 Å². The van der Waals surface area contributed by atoms with Gasteiger partial charge in [0.05, 0.1) is 25.0 Å². The lowest BCUT2D eigenvalue weighted by Gasteiger charge is -2.30. The van der Waals surface area contributed by atoms with Crippen LogP contribution < -0.4 is 37.5 Å². The highest BCUT2D eigenvalue weighted by Crippen LogP contribution is 2.32. The maximum Gasteiger partial charge on any atom is 0.251 e. The number of halogens is 2. The number of benzene rings is 2. The summed E-state index contributed by atoms with van der Waals surface area (Å²) in [7, 11) is 1.27. The first kappa shape index (κ1) is 35.0. The molecule has 0 aliphatic heterocycles. The molecule has 2 amide bonds. The Morgan fingerprint density at radius 1 is 1.08 bits per heavy atom. The van der Waals surface area contributed by atoms with E-state index in [9.17, 15) is 18.4 Å². The maximum atomic E-state index is 14.9. The van der Waals surface area contributed by atoms with Gasteiger partial charge in [-0.05, 0) is 80.8 Å². The third kappa shape index (κ3) is 8.23. The molecule has 13 nitrogen and oxygen atoms in total. The van der Waals surface area contributed by atoms with Gasteiger partial charge in [-0.15, -0.1) is 0 Å². The maximum absolute atomic E-state index is 14.9. The Morgan fingerprint density at radius 3 is 2.51 bits per heavy atom. The normalized spacial score (nSPS) is 16.5. The smallest absolute Gasteiger partial charge is 0.251 e. The van der Waals surface area contributed by atoms with Gasteiger partial charge in [0.25, 0.3) is 5.91 Å². The largest absolute Gasteiger partial charge is 0.494 e. The molecule has 1 aliphatic carbocycles. The number of amides is 2. The Bertz CT molecular complexity index is 1820. The highest BCUT2D eigenvalue weighted by Gasteiger charge is 2.26. The highest BCUT2D eigenvalue weighted by molar-refractivity contribution is 5.96. The molecular weight excluding hydrogens is 634 g/mol. The van der Waals surface area contributed by atoms with Crippen LogP contribution in [0.4, 0.5) is 20.3 Å². The molecule has 1 atom stereocenters. The van der Waals surface area contributed by atoms with Crippen molar-refractivity contribution >= 4 is 34.9 Å². The van der Waals surface area contributed by atoms with Crippen LogP contribution in [0.25, 0.3) is 16.9 Å². The first-order valence-electron chi connectivity index (χ1n) is 16.3. The second-order valence-electron chi connectivity index (χ2n) is 12.0. The summed E-state index contributed by atoms with van der Waals surface area (Å²) in [5.41, 5.74) is 14.2. The lowest BCUT2D eigenvalue weighted by molar-refractivity contribution is -0.123. The number of aromatic nitrogens is 3. The zero-order chi connectivity index (χ0) is 35.1. The Morgan fingerprint density at radius 2 is 1.82 bits per heavy atom.